The maximum atomic E-state index is 10.5. The summed E-state index contributed by atoms with van der Waals surface area (Å²) < 4.78 is 1.97. The normalized spacial score (nSPS) is 17.2. The molecule has 0 spiro atoms. The first kappa shape index (κ1) is 15.3. The lowest BCUT2D eigenvalue weighted by Crippen LogP contribution is -2.38. The molecule has 3 rings (SSSR count). The monoisotopic (exact) mass is 299 g/mol. The molecule has 0 bridgehead atoms. The van der Waals surface area contributed by atoms with Crippen LogP contribution in [-0.2, 0) is 13.1 Å². The van der Waals surface area contributed by atoms with E-state index in [-0.39, 0.29) is 0 Å². The highest BCUT2D eigenvalue weighted by atomic mass is 16.3. The minimum atomic E-state index is -0.477. The summed E-state index contributed by atoms with van der Waals surface area (Å²) in [7, 11) is 2.07. The first-order valence-electron chi connectivity index (χ1n) is 8.09. The van der Waals surface area contributed by atoms with E-state index in [9.17, 15) is 5.11 Å². The van der Waals surface area contributed by atoms with Crippen LogP contribution in [0.15, 0.2) is 42.7 Å². The zero-order valence-corrected chi connectivity index (χ0v) is 13.3. The molecule has 1 N–H and O–H groups in total. The third-order valence-electron chi connectivity index (χ3n) is 4.43. The van der Waals surface area contributed by atoms with Crippen molar-refractivity contribution >= 4 is 0 Å². The van der Waals surface area contributed by atoms with E-state index in [1.165, 1.54) is 11.1 Å². The molecular weight excluding hydrogens is 274 g/mol. The zero-order chi connectivity index (χ0) is 15.4. The summed E-state index contributed by atoms with van der Waals surface area (Å²) in [5.74, 6) is 0. The van der Waals surface area contributed by atoms with Gasteiger partial charge in [-0.3, -0.25) is 9.58 Å². The van der Waals surface area contributed by atoms with Crippen molar-refractivity contribution in [3.8, 4) is 0 Å². The molecule has 1 fully saturated rings. The minimum Gasteiger partial charge on any atom is -0.389 e. The Labute approximate surface area is 132 Å². The Bertz CT molecular complexity index is 587. The van der Waals surface area contributed by atoms with Gasteiger partial charge in [0.1, 0.15) is 0 Å². The Balaban J connectivity index is 1.55. The van der Waals surface area contributed by atoms with Gasteiger partial charge in [-0.2, -0.15) is 5.10 Å². The maximum Gasteiger partial charge on any atom is 0.0774 e. The second-order valence-corrected chi connectivity index (χ2v) is 6.64. The molecule has 1 saturated carbocycles. The average Bonchev–Trinajstić information content (AvgIpc) is 3.09. The number of rotatable bonds is 6. The van der Waals surface area contributed by atoms with E-state index in [0.29, 0.717) is 0 Å². The fourth-order valence-corrected chi connectivity index (χ4v) is 3.41. The molecule has 0 atom stereocenters. The maximum absolute atomic E-state index is 10.5. The Morgan fingerprint density at radius 2 is 1.91 bits per heavy atom. The van der Waals surface area contributed by atoms with Crippen molar-refractivity contribution in [1.29, 1.82) is 0 Å². The highest BCUT2D eigenvalue weighted by Crippen LogP contribution is 2.30. The fourth-order valence-electron chi connectivity index (χ4n) is 3.41. The first-order chi connectivity index (χ1) is 10.6. The van der Waals surface area contributed by atoms with E-state index in [2.05, 4.69) is 47.5 Å². The lowest BCUT2D eigenvalue weighted by molar-refractivity contribution is 0.0145. The third-order valence-corrected chi connectivity index (χ3v) is 4.43. The highest BCUT2D eigenvalue weighted by molar-refractivity contribution is 5.15. The summed E-state index contributed by atoms with van der Waals surface area (Å²) >= 11 is 0. The summed E-state index contributed by atoms with van der Waals surface area (Å²) in [5.41, 5.74) is 1.97. The average molecular weight is 299 g/mol. The predicted octanol–water partition coefficient (Wildman–Crippen LogP) is 2.67. The van der Waals surface area contributed by atoms with E-state index in [1.807, 2.05) is 16.9 Å². The van der Waals surface area contributed by atoms with Gasteiger partial charge in [-0.15, -0.1) is 0 Å². The summed E-state index contributed by atoms with van der Waals surface area (Å²) in [5, 5.41) is 14.9. The number of likely N-dealkylation sites (N-methyl/N-ethyl adjacent to an activating group) is 1. The molecule has 2 aromatic rings. The van der Waals surface area contributed by atoms with Crippen LogP contribution < -0.4 is 0 Å². The van der Waals surface area contributed by atoms with Crippen LogP contribution in [0, 0.1) is 0 Å². The molecule has 1 aliphatic rings. The van der Waals surface area contributed by atoms with Crippen molar-refractivity contribution in [2.45, 2.75) is 44.4 Å². The quantitative estimate of drug-likeness (QED) is 0.891. The second kappa shape index (κ2) is 6.63. The van der Waals surface area contributed by atoms with Gasteiger partial charge in [0.15, 0.2) is 0 Å². The standard InChI is InChI=1S/C18H25N3O/c1-20(15-18(22)9-5-6-10-18)12-17-11-19-21(14-17)13-16-7-3-2-4-8-16/h2-4,7-8,11,14,22H,5-6,9-10,12-13,15H2,1H3. The van der Waals surface area contributed by atoms with Crippen molar-refractivity contribution < 1.29 is 5.11 Å². The van der Waals surface area contributed by atoms with Crippen molar-refractivity contribution in [3.05, 3.63) is 53.9 Å². The number of benzene rings is 1. The van der Waals surface area contributed by atoms with Gasteiger partial charge in [0, 0.05) is 24.8 Å². The Morgan fingerprint density at radius 3 is 2.64 bits per heavy atom. The number of aromatic nitrogens is 2. The van der Waals surface area contributed by atoms with Gasteiger partial charge in [0.2, 0.25) is 0 Å². The smallest absolute Gasteiger partial charge is 0.0774 e. The molecule has 118 valence electrons. The SMILES string of the molecule is CN(Cc1cnn(Cc2ccccc2)c1)CC1(O)CCCC1. The van der Waals surface area contributed by atoms with Gasteiger partial charge in [-0.25, -0.2) is 0 Å². The van der Waals surface area contributed by atoms with E-state index in [1.54, 1.807) is 0 Å². The summed E-state index contributed by atoms with van der Waals surface area (Å²) in [4.78, 5) is 2.20. The molecule has 0 amide bonds. The van der Waals surface area contributed by atoms with Crippen molar-refractivity contribution in [2.24, 2.45) is 0 Å². The van der Waals surface area contributed by atoms with E-state index < -0.39 is 5.60 Å². The second-order valence-electron chi connectivity index (χ2n) is 6.64. The number of nitrogens with zero attached hydrogens (tertiary/aromatic N) is 3. The first-order valence-corrected chi connectivity index (χ1v) is 8.09. The molecule has 1 aliphatic carbocycles. The van der Waals surface area contributed by atoms with Crippen LogP contribution in [-0.4, -0.2) is 39.0 Å². The van der Waals surface area contributed by atoms with Gasteiger partial charge in [0.25, 0.3) is 0 Å². The molecule has 0 aliphatic heterocycles. The lowest BCUT2D eigenvalue weighted by Gasteiger charge is -2.28. The number of hydrogen-bond donors (Lipinski definition) is 1. The number of aliphatic hydroxyl groups is 1. The molecule has 0 radical (unpaired) electrons. The van der Waals surface area contributed by atoms with Gasteiger partial charge < -0.3 is 5.11 Å². The molecular formula is C18H25N3O. The topological polar surface area (TPSA) is 41.3 Å². The Morgan fingerprint density at radius 1 is 1.18 bits per heavy atom. The number of hydrogen-bond acceptors (Lipinski definition) is 3. The van der Waals surface area contributed by atoms with Crippen LogP contribution in [0.4, 0.5) is 0 Å². The summed E-state index contributed by atoms with van der Waals surface area (Å²) in [6.45, 7) is 2.38. The van der Waals surface area contributed by atoms with E-state index >= 15 is 0 Å². The molecule has 0 saturated heterocycles. The predicted molar refractivity (Wildman–Crippen MR) is 87.5 cm³/mol. The highest BCUT2D eigenvalue weighted by Gasteiger charge is 2.32. The molecule has 0 unspecified atom stereocenters. The summed E-state index contributed by atoms with van der Waals surface area (Å²) in [6, 6.07) is 10.4. The van der Waals surface area contributed by atoms with Crippen molar-refractivity contribution in [1.82, 2.24) is 14.7 Å². The molecule has 4 heteroatoms. The van der Waals surface area contributed by atoms with Crippen LogP contribution in [0.2, 0.25) is 0 Å². The lowest BCUT2D eigenvalue weighted by atomic mass is 10.0. The van der Waals surface area contributed by atoms with Crippen molar-refractivity contribution in [2.75, 3.05) is 13.6 Å². The van der Waals surface area contributed by atoms with Crippen LogP contribution in [0.5, 0.6) is 0 Å². The summed E-state index contributed by atoms with van der Waals surface area (Å²) in [6.07, 6.45) is 8.20. The molecule has 1 aromatic heterocycles. The van der Waals surface area contributed by atoms with Gasteiger partial charge in [-0.05, 0) is 25.5 Å². The zero-order valence-electron chi connectivity index (χ0n) is 13.3. The minimum absolute atomic E-state index is 0.477. The Hall–Kier alpha value is -1.65. The van der Waals surface area contributed by atoms with Gasteiger partial charge >= 0.3 is 0 Å². The van der Waals surface area contributed by atoms with Crippen LogP contribution in [0.3, 0.4) is 0 Å². The van der Waals surface area contributed by atoms with Gasteiger partial charge in [-0.1, -0.05) is 43.2 Å². The van der Waals surface area contributed by atoms with Crippen LogP contribution >= 0.6 is 0 Å². The molecule has 1 aromatic carbocycles. The van der Waals surface area contributed by atoms with Crippen molar-refractivity contribution in [3.63, 3.8) is 0 Å². The molecule has 1 heterocycles. The van der Waals surface area contributed by atoms with E-state index in [0.717, 1.165) is 45.3 Å². The van der Waals surface area contributed by atoms with Crippen LogP contribution in [0.25, 0.3) is 0 Å². The molecule has 22 heavy (non-hydrogen) atoms. The Kier molecular flexibility index (Phi) is 4.60. The van der Waals surface area contributed by atoms with Crippen LogP contribution in [0.1, 0.15) is 36.8 Å². The van der Waals surface area contributed by atoms with Gasteiger partial charge in [0.05, 0.1) is 18.3 Å². The largest absolute Gasteiger partial charge is 0.389 e. The fraction of sp³-hybridized carbons (Fsp3) is 0.500. The molecule has 4 nitrogen and oxygen atoms in total. The third kappa shape index (κ3) is 3.96. The van der Waals surface area contributed by atoms with E-state index in [4.69, 9.17) is 0 Å².